The monoisotopic (exact) mass is 288 g/mol. The number of nitrogens with one attached hydrogen (secondary N) is 1. The summed E-state index contributed by atoms with van der Waals surface area (Å²) in [5.74, 6) is 0.456. The molecule has 1 aliphatic heterocycles. The molecular weight excluding hydrogens is 266 g/mol. The number of phenols is 1. The van der Waals surface area contributed by atoms with Crippen LogP contribution in [0.1, 0.15) is 40.5 Å². The standard InChI is InChI=1S/C17H21NOS/c1-12-9-14(16(19)10-13(12)2)11-18-7-3-5-15(18)17-6-4-8-20-17/h4,6,8-10,15,19H,3,5,7,11H2,1-2H3/p+1/t15-/m0/s1. The van der Waals surface area contributed by atoms with Crippen LogP contribution in [0, 0.1) is 13.8 Å². The van der Waals surface area contributed by atoms with E-state index >= 15 is 0 Å². The van der Waals surface area contributed by atoms with Gasteiger partial charge in [-0.3, -0.25) is 0 Å². The van der Waals surface area contributed by atoms with E-state index in [1.54, 1.807) is 4.90 Å². The molecule has 1 fully saturated rings. The molecule has 1 aromatic heterocycles. The number of aryl methyl sites for hydroxylation is 2. The first-order valence-corrected chi connectivity index (χ1v) is 8.20. The zero-order valence-corrected chi connectivity index (χ0v) is 13.0. The second-order valence-corrected chi connectivity index (χ2v) is 6.84. The fourth-order valence-electron chi connectivity index (χ4n) is 3.20. The zero-order valence-electron chi connectivity index (χ0n) is 12.1. The summed E-state index contributed by atoms with van der Waals surface area (Å²) in [4.78, 5) is 3.08. The first-order chi connectivity index (χ1) is 9.65. The lowest BCUT2D eigenvalue weighted by atomic mass is 10.0. The fraction of sp³-hybridized carbons (Fsp3) is 0.412. The molecule has 2 N–H and O–H groups in total. The first-order valence-electron chi connectivity index (χ1n) is 7.32. The molecule has 3 heteroatoms. The molecule has 2 atom stereocenters. The Morgan fingerprint density at radius 2 is 2.10 bits per heavy atom. The fourth-order valence-corrected chi connectivity index (χ4v) is 4.12. The number of aromatic hydroxyl groups is 1. The lowest BCUT2D eigenvalue weighted by Gasteiger charge is -2.21. The van der Waals surface area contributed by atoms with Crippen LogP contribution in [-0.2, 0) is 6.54 Å². The van der Waals surface area contributed by atoms with Gasteiger partial charge in [0.05, 0.1) is 11.4 Å². The quantitative estimate of drug-likeness (QED) is 0.891. The van der Waals surface area contributed by atoms with Gasteiger partial charge in [0.15, 0.2) is 0 Å². The molecule has 2 heterocycles. The second-order valence-electron chi connectivity index (χ2n) is 5.86. The van der Waals surface area contributed by atoms with Crippen LogP contribution < -0.4 is 4.90 Å². The number of hydrogen-bond acceptors (Lipinski definition) is 2. The van der Waals surface area contributed by atoms with Crippen LogP contribution in [0.2, 0.25) is 0 Å². The van der Waals surface area contributed by atoms with Crippen LogP contribution in [0.15, 0.2) is 29.6 Å². The molecule has 1 saturated heterocycles. The predicted molar refractivity (Wildman–Crippen MR) is 83.4 cm³/mol. The molecule has 2 nitrogen and oxygen atoms in total. The molecular formula is C17H22NOS+. The summed E-state index contributed by atoms with van der Waals surface area (Å²) < 4.78 is 0. The van der Waals surface area contributed by atoms with Gasteiger partial charge < -0.3 is 10.0 Å². The van der Waals surface area contributed by atoms with Crippen LogP contribution in [-0.4, -0.2) is 11.7 Å². The van der Waals surface area contributed by atoms with E-state index in [1.807, 2.05) is 17.4 Å². The molecule has 0 spiro atoms. The van der Waals surface area contributed by atoms with Crippen molar-refractivity contribution < 1.29 is 10.0 Å². The normalized spacial score (nSPS) is 22.3. The maximum Gasteiger partial charge on any atom is 0.124 e. The van der Waals surface area contributed by atoms with Crippen LogP contribution in [0.25, 0.3) is 0 Å². The van der Waals surface area contributed by atoms with E-state index in [4.69, 9.17) is 0 Å². The van der Waals surface area contributed by atoms with Gasteiger partial charge in [0.25, 0.3) is 0 Å². The second kappa shape index (κ2) is 5.58. The van der Waals surface area contributed by atoms with Gasteiger partial charge >= 0.3 is 0 Å². The van der Waals surface area contributed by atoms with Crippen molar-refractivity contribution in [1.29, 1.82) is 0 Å². The molecule has 0 aliphatic carbocycles. The van der Waals surface area contributed by atoms with Gasteiger partial charge in [-0.1, -0.05) is 6.07 Å². The van der Waals surface area contributed by atoms with E-state index in [1.165, 1.54) is 29.8 Å². The minimum Gasteiger partial charge on any atom is -0.507 e. The maximum absolute atomic E-state index is 10.2. The van der Waals surface area contributed by atoms with Gasteiger partial charge in [0.1, 0.15) is 18.3 Å². The Kier molecular flexibility index (Phi) is 3.81. The Hall–Kier alpha value is -1.32. The SMILES string of the molecule is Cc1cc(O)c(C[NH+]2CCC[C@H]2c2cccs2)cc1C. The number of quaternary nitrogens is 1. The molecule has 0 bridgehead atoms. The maximum atomic E-state index is 10.2. The van der Waals surface area contributed by atoms with Crippen molar-refractivity contribution in [3.8, 4) is 5.75 Å². The zero-order chi connectivity index (χ0) is 14.1. The van der Waals surface area contributed by atoms with Crippen LogP contribution in [0.3, 0.4) is 0 Å². The largest absolute Gasteiger partial charge is 0.507 e. The number of hydrogen-bond donors (Lipinski definition) is 2. The minimum atomic E-state index is 0.456. The predicted octanol–water partition coefficient (Wildman–Crippen LogP) is 2.99. The highest BCUT2D eigenvalue weighted by Gasteiger charge is 2.31. The highest BCUT2D eigenvalue weighted by Crippen LogP contribution is 2.26. The van der Waals surface area contributed by atoms with E-state index in [-0.39, 0.29) is 0 Å². The van der Waals surface area contributed by atoms with Crippen LogP contribution >= 0.6 is 11.3 Å². The summed E-state index contributed by atoms with van der Waals surface area (Å²) in [5, 5.41) is 12.3. The molecule has 106 valence electrons. The molecule has 20 heavy (non-hydrogen) atoms. The van der Waals surface area contributed by atoms with Crippen molar-refractivity contribution in [2.24, 2.45) is 0 Å². The van der Waals surface area contributed by atoms with Crippen molar-refractivity contribution >= 4 is 11.3 Å². The minimum absolute atomic E-state index is 0.456. The van der Waals surface area contributed by atoms with E-state index in [9.17, 15) is 5.11 Å². The molecule has 1 unspecified atom stereocenters. The Morgan fingerprint density at radius 1 is 1.30 bits per heavy atom. The first kappa shape index (κ1) is 13.7. The molecule has 2 aromatic rings. The van der Waals surface area contributed by atoms with Gasteiger partial charge in [-0.25, -0.2) is 0 Å². The van der Waals surface area contributed by atoms with E-state index in [0.717, 1.165) is 17.7 Å². The molecule has 0 amide bonds. The summed E-state index contributed by atoms with van der Waals surface area (Å²) in [6.07, 6.45) is 2.55. The number of thiophene rings is 1. The summed E-state index contributed by atoms with van der Waals surface area (Å²) in [6, 6.07) is 9.06. The molecule has 0 radical (unpaired) electrons. The van der Waals surface area contributed by atoms with E-state index < -0.39 is 0 Å². The summed E-state index contributed by atoms with van der Waals surface area (Å²) in [6.45, 7) is 6.30. The average Bonchev–Trinajstić information content (AvgIpc) is 3.06. The van der Waals surface area contributed by atoms with E-state index in [0.29, 0.717) is 11.8 Å². The third-order valence-electron chi connectivity index (χ3n) is 4.48. The number of benzene rings is 1. The van der Waals surface area contributed by atoms with Crippen molar-refractivity contribution in [2.75, 3.05) is 6.54 Å². The summed E-state index contributed by atoms with van der Waals surface area (Å²) in [7, 11) is 0. The Morgan fingerprint density at radius 3 is 2.85 bits per heavy atom. The molecule has 0 saturated carbocycles. The third kappa shape index (κ3) is 2.60. The van der Waals surface area contributed by atoms with Crippen molar-refractivity contribution in [2.45, 2.75) is 39.3 Å². The van der Waals surface area contributed by atoms with Gasteiger partial charge in [-0.2, -0.15) is 0 Å². The van der Waals surface area contributed by atoms with Crippen LogP contribution in [0.5, 0.6) is 5.75 Å². The number of rotatable bonds is 3. The van der Waals surface area contributed by atoms with Crippen molar-refractivity contribution in [3.63, 3.8) is 0 Å². The Balaban J connectivity index is 1.82. The lowest BCUT2D eigenvalue weighted by molar-refractivity contribution is -0.931. The Labute approximate surface area is 124 Å². The van der Waals surface area contributed by atoms with E-state index in [2.05, 4.69) is 37.4 Å². The summed E-state index contributed by atoms with van der Waals surface area (Å²) >= 11 is 1.86. The van der Waals surface area contributed by atoms with Crippen molar-refractivity contribution in [3.05, 3.63) is 51.2 Å². The van der Waals surface area contributed by atoms with Gasteiger partial charge in [-0.15, -0.1) is 11.3 Å². The third-order valence-corrected chi connectivity index (χ3v) is 5.47. The highest BCUT2D eigenvalue weighted by atomic mass is 32.1. The smallest absolute Gasteiger partial charge is 0.124 e. The summed E-state index contributed by atoms with van der Waals surface area (Å²) in [5.41, 5.74) is 3.52. The number of phenolic OH excluding ortho intramolecular Hbond substituents is 1. The van der Waals surface area contributed by atoms with Crippen LogP contribution in [0.4, 0.5) is 0 Å². The topological polar surface area (TPSA) is 24.7 Å². The van der Waals surface area contributed by atoms with Crippen molar-refractivity contribution in [1.82, 2.24) is 0 Å². The number of likely N-dealkylation sites (tertiary alicyclic amines) is 1. The average molecular weight is 288 g/mol. The Bertz CT molecular complexity index is 591. The molecule has 1 aliphatic rings. The highest BCUT2D eigenvalue weighted by molar-refractivity contribution is 7.10. The van der Waals surface area contributed by atoms with Gasteiger partial charge in [0, 0.05) is 18.4 Å². The van der Waals surface area contributed by atoms with Gasteiger partial charge in [0.2, 0.25) is 0 Å². The molecule has 3 rings (SSSR count). The molecule has 1 aromatic carbocycles. The lowest BCUT2D eigenvalue weighted by Crippen LogP contribution is -3.08. The van der Waals surface area contributed by atoms with Gasteiger partial charge in [-0.05, 0) is 48.6 Å².